The third kappa shape index (κ3) is 2.13. The minimum atomic E-state index is -1.29. The second-order valence-corrected chi connectivity index (χ2v) is 3.65. The Balaban J connectivity index is 0.00000133. The second kappa shape index (κ2) is 5.03. The Kier molecular flexibility index (Phi) is 3.43. The van der Waals surface area contributed by atoms with Gasteiger partial charge in [0.25, 0.3) is 0 Å². The van der Waals surface area contributed by atoms with E-state index in [2.05, 4.69) is 15.1 Å². The summed E-state index contributed by atoms with van der Waals surface area (Å²) < 4.78 is 1.46. The van der Waals surface area contributed by atoms with Gasteiger partial charge in [-0.05, 0) is 18.2 Å². The summed E-state index contributed by atoms with van der Waals surface area (Å²) in [6, 6.07) is 5.41. The molecule has 0 spiro atoms. The lowest BCUT2D eigenvalue weighted by Gasteiger charge is -2.04. The molecule has 7 heteroatoms. The van der Waals surface area contributed by atoms with Crippen molar-refractivity contribution in [1.82, 2.24) is 19.6 Å². The number of fused-ring (bicyclic) bond motifs is 1. The van der Waals surface area contributed by atoms with Gasteiger partial charge >= 0.3 is 0 Å². The van der Waals surface area contributed by atoms with Crippen LogP contribution >= 0.6 is 12.4 Å². The molecule has 0 aliphatic carbocycles. The van der Waals surface area contributed by atoms with Crippen molar-refractivity contribution >= 4 is 24.0 Å². The number of carboxylic acids is 1. The Morgan fingerprint density at radius 3 is 2.74 bits per heavy atom. The van der Waals surface area contributed by atoms with Gasteiger partial charge in [0.15, 0.2) is 5.65 Å². The first-order chi connectivity index (χ1) is 8.77. The summed E-state index contributed by atoms with van der Waals surface area (Å²) in [4.78, 5) is 18.9. The molecule has 0 aliphatic rings. The van der Waals surface area contributed by atoms with Crippen LogP contribution in [0.25, 0.3) is 16.9 Å². The standard InChI is InChI=1S/C12H8N4O2.ClH/c17-12(18)9-7-15-16-10(3-5-14-11(9)16)8-2-1-4-13-6-8;/h1-7H,(H,17,18);1H/p-1. The first-order valence-electron chi connectivity index (χ1n) is 5.22. The molecule has 0 saturated carbocycles. The van der Waals surface area contributed by atoms with E-state index >= 15 is 0 Å². The maximum Gasteiger partial charge on any atom is 0.164 e. The Morgan fingerprint density at radius 2 is 2.05 bits per heavy atom. The highest BCUT2D eigenvalue weighted by Gasteiger charge is 2.10. The maximum absolute atomic E-state index is 10.9. The number of rotatable bonds is 2. The van der Waals surface area contributed by atoms with E-state index in [0.29, 0.717) is 0 Å². The van der Waals surface area contributed by atoms with Gasteiger partial charge in [0, 0.05) is 24.2 Å². The number of aromatic carboxylic acids is 1. The molecule has 19 heavy (non-hydrogen) atoms. The predicted molar refractivity (Wildman–Crippen MR) is 67.8 cm³/mol. The molecule has 6 nitrogen and oxygen atoms in total. The van der Waals surface area contributed by atoms with Gasteiger partial charge in [-0.15, -0.1) is 12.4 Å². The molecule has 0 aliphatic heterocycles. The van der Waals surface area contributed by atoms with Gasteiger partial charge < -0.3 is 9.90 Å². The molecule has 0 saturated heterocycles. The quantitative estimate of drug-likeness (QED) is 0.683. The molecule has 3 aromatic heterocycles. The molecule has 0 unspecified atom stereocenters. The fourth-order valence-corrected chi connectivity index (χ4v) is 1.77. The average molecular weight is 276 g/mol. The third-order valence-corrected chi connectivity index (χ3v) is 2.58. The Morgan fingerprint density at radius 1 is 1.21 bits per heavy atom. The summed E-state index contributed by atoms with van der Waals surface area (Å²) in [6.07, 6.45) is 6.11. The molecule has 0 radical (unpaired) electrons. The van der Waals surface area contributed by atoms with E-state index in [0.717, 1.165) is 11.3 Å². The summed E-state index contributed by atoms with van der Waals surface area (Å²) in [5.74, 6) is -1.29. The molecule has 0 atom stereocenters. The van der Waals surface area contributed by atoms with E-state index in [1.165, 1.54) is 16.9 Å². The number of carboxylic acid groups (broad SMARTS) is 1. The zero-order valence-corrected chi connectivity index (χ0v) is 10.4. The number of hydrogen-bond donors (Lipinski definition) is 0. The summed E-state index contributed by atoms with van der Waals surface area (Å²) in [7, 11) is 0. The van der Waals surface area contributed by atoms with Crippen molar-refractivity contribution in [3.63, 3.8) is 0 Å². The number of pyridine rings is 1. The van der Waals surface area contributed by atoms with Crippen LogP contribution in [0.4, 0.5) is 0 Å². The molecule has 3 heterocycles. The third-order valence-electron chi connectivity index (χ3n) is 2.58. The van der Waals surface area contributed by atoms with Crippen LogP contribution in [0.3, 0.4) is 0 Å². The molecule has 3 aromatic rings. The molecule has 96 valence electrons. The van der Waals surface area contributed by atoms with E-state index in [1.807, 2.05) is 6.07 Å². The van der Waals surface area contributed by atoms with Gasteiger partial charge in [-0.3, -0.25) is 4.98 Å². The number of carbonyl (C=O) groups is 1. The normalized spacial score (nSPS) is 10.1. The number of nitrogens with zero attached hydrogens (tertiary/aromatic N) is 4. The number of hydrogen-bond acceptors (Lipinski definition) is 5. The van der Waals surface area contributed by atoms with Gasteiger partial charge in [-0.2, -0.15) is 5.10 Å². The van der Waals surface area contributed by atoms with E-state index < -0.39 is 5.97 Å². The van der Waals surface area contributed by atoms with Gasteiger partial charge in [0.05, 0.1) is 23.4 Å². The molecule has 0 amide bonds. The van der Waals surface area contributed by atoms with Crippen LogP contribution in [-0.4, -0.2) is 25.6 Å². The number of carbonyl (C=O) groups excluding carboxylic acids is 1. The zero-order chi connectivity index (χ0) is 12.5. The van der Waals surface area contributed by atoms with E-state index in [-0.39, 0.29) is 23.6 Å². The maximum atomic E-state index is 10.9. The minimum absolute atomic E-state index is 0. The van der Waals surface area contributed by atoms with E-state index in [1.54, 1.807) is 24.5 Å². The first kappa shape index (κ1) is 13.0. The zero-order valence-electron chi connectivity index (χ0n) is 9.56. The van der Waals surface area contributed by atoms with Crippen LogP contribution in [0.1, 0.15) is 10.4 Å². The highest BCUT2D eigenvalue weighted by Crippen LogP contribution is 2.19. The number of halogens is 1. The Bertz CT molecular complexity index is 727. The van der Waals surface area contributed by atoms with Crippen molar-refractivity contribution in [3.8, 4) is 11.3 Å². The van der Waals surface area contributed by atoms with Crippen LogP contribution in [0.15, 0.2) is 43.0 Å². The van der Waals surface area contributed by atoms with Crippen molar-refractivity contribution in [1.29, 1.82) is 0 Å². The second-order valence-electron chi connectivity index (χ2n) is 3.65. The van der Waals surface area contributed by atoms with Crippen molar-refractivity contribution in [2.75, 3.05) is 0 Å². The monoisotopic (exact) mass is 275 g/mol. The van der Waals surface area contributed by atoms with Crippen molar-refractivity contribution < 1.29 is 9.90 Å². The van der Waals surface area contributed by atoms with Crippen LogP contribution in [0.2, 0.25) is 0 Å². The fourth-order valence-electron chi connectivity index (χ4n) is 1.77. The SMILES string of the molecule is Cl.O=C([O-])c1cnn2c(-c3cccnc3)ccnc12. The van der Waals surface area contributed by atoms with Gasteiger partial charge in [-0.1, -0.05) is 0 Å². The molecule has 0 N–H and O–H groups in total. The molecule has 0 fully saturated rings. The average Bonchev–Trinajstić information content (AvgIpc) is 2.83. The summed E-state index contributed by atoms with van der Waals surface area (Å²) >= 11 is 0. The molecular weight excluding hydrogens is 268 g/mol. The highest BCUT2D eigenvalue weighted by molar-refractivity contribution is 5.92. The number of aromatic nitrogens is 4. The highest BCUT2D eigenvalue weighted by atomic mass is 35.5. The van der Waals surface area contributed by atoms with E-state index in [9.17, 15) is 9.90 Å². The predicted octanol–water partition coefficient (Wildman–Crippen LogP) is 0.577. The van der Waals surface area contributed by atoms with Crippen LogP contribution in [0, 0.1) is 0 Å². The summed E-state index contributed by atoms with van der Waals surface area (Å²) in [6.45, 7) is 0. The molecule has 3 rings (SSSR count). The fraction of sp³-hybridized carbons (Fsp3) is 0. The minimum Gasteiger partial charge on any atom is -0.545 e. The Labute approximate surface area is 114 Å². The van der Waals surface area contributed by atoms with Crippen LogP contribution in [0.5, 0.6) is 0 Å². The largest absolute Gasteiger partial charge is 0.545 e. The Hall–Kier alpha value is -2.47. The lowest BCUT2D eigenvalue weighted by atomic mass is 10.2. The molecular formula is C12H8ClN4O2-. The lowest BCUT2D eigenvalue weighted by molar-refractivity contribution is -0.254. The smallest absolute Gasteiger partial charge is 0.164 e. The summed E-state index contributed by atoms with van der Waals surface area (Å²) in [5.41, 5.74) is 1.79. The van der Waals surface area contributed by atoms with Gasteiger partial charge in [-0.25, -0.2) is 9.50 Å². The van der Waals surface area contributed by atoms with Gasteiger partial charge in [0.1, 0.15) is 0 Å². The van der Waals surface area contributed by atoms with Crippen molar-refractivity contribution in [3.05, 3.63) is 48.5 Å². The van der Waals surface area contributed by atoms with E-state index in [4.69, 9.17) is 0 Å². The van der Waals surface area contributed by atoms with Crippen molar-refractivity contribution in [2.45, 2.75) is 0 Å². The van der Waals surface area contributed by atoms with Crippen LogP contribution < -0.4 is 5.11 Å². The molecule has 0 aromatic carbocycles. The summed E-state index contributed by atoms with van der Waals surface area (Å²) in [5, 5.41) is 14.9. The van der Waals surface area contributed by atoms with Crippen LogP contribution in [-0.2, 0) is 0 Å². The topological polar surface area (TPSA) is 83.2 Å². The first-order valence-corrected chi connectivity index (χ1v) is 5.22. The lowest BCUT2D eigenvalue weighted by Crippen LogP contribution is -2.22. The van der Waals surface area contributed by atoms with Crippen molar-refractivity contribution in [2.24, 2.45) is 0 Å². The van der Waals surface area contributed by atoms with Gasteiger partial charge in [0.2, 0.25) is 0 Å². The molecule has 0 bridgehead atoms.